The number of carboxylic acid groups (broad SMARTS) is 1. The molecule has 0 aromatic carbocycles. The molecule has 130 valence electrons. The van der Waals surface area contributed by atoms with Gasteiger partial charge in [0, 0.05) is 12.7 Å². The van der Waals surface area contributed by atoms with Gasteiger partial charge in [-0.05, 0) is 51.8 Å². The first-order valence-corrected chi connectivity index (χ1v) is 7.77. The topological polar surface area (TPSA) is 107 Å². The Hall–Kier alpha value is -1.90. The van der Waals surface area contributed by atoms with Crippen molar-refractivity contribution in [2.24, 2.45) is 0 Å². The molecule has 0 bridgehead atoms. The van der Waals surface area contributed by atoms with Gasteiger partial charge < -0.3 is 25.5 Å². The van der Waals surface area contributed by atoms with Crippen molar-refractivity contribution >= 4 is 24.9 Å². The number of carboxylic acids is 1. The van der Waals surface area contributed by atoms with Gasteiger partial charge in [0.25, 0.3) is 0 Å². The molecule has 1 aromatic rings. The maximum absolute atomic E-state index is 11.0. The zero-order valence-electron chi connectivity index (χ0n) is 14.7. The highest BCUT2D eigenvalue weighted by atomic mass is 16.7. The quantitative estimate of drug-likeness (QED) is 0.703. The van der Waals surface area contributed by atoms with Gasteiger partial charge in [0.15, 0.2) is 5.69 Å². The fourth-order valence-electron chi connectivity index (χ4n) is 2.37. The van der Waals surface area contributed by atoms with Crippen LogP contribution in [0, 0.1) is 0 Å². The minimum absolute atomic E-state index is 0.119. The third-order valence-electron chi connectivity index (χ3n) is 4.43. The molecule has 0 atom stereocenters. The number of carbonyl (C=O) groups is 1. The molecule has 24 heavy (non-hydrogen) atoms. The van der Waals surface area contributed by atoms with Crippen LogP contribution in [-0.4, -0.2) is 48.0 Å². The molecule has 7 nitrogen and oxygen atoms in total. The number of nitrogen functional groups attached to an aromatic ring is 1. The van der Waals surface area contributed by atoms with Crippen LogP contribution < -0.4 is 11.1 Å². The second-order valence-corrected chi connectivity index (χ2v) is 6.85. The molecule has 0 saturated carbocycles. The fraction of sp³-hybridized carbons (Fsp3) is 0.500. The van der Waals surface area contributed by atoms with E-state index in [1.165, 1.54) is 6.20 Å². The first-order chi connectivity index (χ1) is 11.1. The highest BCUT2D eigenvalue weighted by Gasteiger charge is 2.52. The Bertz CT molecular complexity index is 657. The van der Waals surface area contributed by atoms with Crippen molar-refractivity contribution in [3.63, 3.8) is 0 Å². The summed E-state index contributed by atoms with van der Waals surface area (Å²) in [5, 5.41) is 12.1. The van der Waals surface area contributed by atoms with E-state index in [-0.39, 0.29) is 11.4 Å². The molecule has 1 aliphatic rings. The molecule has 2 rings (SSSR count). The molecule has 8 heteroatoms. The Labute approximate surface area is 142 Å². The van der Waals surface area contributed by atoms with Crippen LogP contribution in [0.1, 0.15) is 43.7 Å². The van der Waals surface area contributed by atoms with Crippen LogP contribution in [0.2, 0.25) is 0 Å². The number of likely N-dealkylation sites (N-methyl/N-ethyl adjacent to an activating group) is 1. The summed E-state index contributed by atoms with van der Waals surface area (Å²) in [6.07, 6.45) is 3.33. The Morgan fingerprint density at radius 1 is 1.38 bits per heavy atom. The van der Waals surface area contributed by atoms with Gasteiger partial charge in [-0.25, -0.2) is 9.78 Å². The van der Waals surface area contributed by atoms with Gasteiger partial charge in [-0.15, -0.1) is 0 Å². The van der Waals surface area contributed by atoms with Crippen LogP contribution in [0.3, 0.4) is 0 Å². The second-order valence-electron chi connectivity index (χ2n) is 6.85. The Morgan fingerprint density at radius 2 is 1.96 bits per heavy atom. The van der Waals surface area contributed by atoms with Gasteiger partial charge in [-0.2, -0.15) is 0 Å². The van der Waals surface area contributed by atoms with Crippen LogP contribution in [0.5, 0.6) is 0 Å². The number of nitrogens with two attached hydrogens (primary N) is 1. The van der Waals surface area contributed by atoms with E-state index in [1.54, 1.807) is 6.07 Å². The summed E-state index contributed by atoms with van der Waals surface area (Å²) < 4.78 is 12.1. The highest BCUT2D eigenvalue weighted by Crippen LogP contribution is 2.38. The lowest BCUT2D eigenvalue weighted by atomic mass is 9.77. The van der Waals surface area contributed by atoms with Crippen LogP contribution in [0.15, 0.2) is 17.7 Å². The van der Waals surface area contributed by atoms with Crippen molar-refractivity contribution in [2.75, 3.05) is 19.3 Å². The maximum atomic E-state index is 11.0. The molecule has 0 spiro atoms. The molecular formula is C16H24BN3O4. The number of nitrogens with one attached hydrogen (secondary N) is 1. The van der Waals surface area contributed by atoms with Crippen LogP contribution in [0.4, 0.5) is 5.69 Å². The molecule has 1 aliphatic heterocycles. The summed E-state index contributed by atoms with van der Waals surface area (Å²) in [6, 6.07) is 1.58. The zero-order chi connectivity index (χ0) is 18.1. The number of hydrogen-bond acceptors (Lipinski definition) is 6. The standard InChI is InChI=1S/C16H24BN3O4/c1-15(2)16(3,4)24-17(23-15)11(9-19-5)6-10-7-12(18)13(14(21)22)20-8-10/h6-8,19H,9,18H2,1-5H3,(H,21,22). The summed E-state index contributed by atoms with van der Waals surface area (Å²) in [5.41, 5.74) is 6.42. The predicted octanol–water partition coefficient (Wildman–Crippen LogP) is 1.60. The van der Waals surface area contributed by atoms with E-state index < -0.39 is 24.3 Å². The number of rotatable bonds is 5. The van der Waals surface area contributed by atoms with Crippen LogP contribution >= 0.6 is 0 Å². The molecular weight excluding hydrogens is 309 g/mol. The molecule has 0 amide bonds. The van der Waals surface area contributed by atoms with E-state index in [2.05, 4.69) is 10.3 Å². The van der Waals surface area contributed by atoms with E-state index in [9.17, 15) is 4.79 Å². The van der Waals surface area contributed by atoms with E-state index in [4.69, 9.17) is 20.1 Å². The number of hydrogen-bond donors (Lipinski definition) is 3. The van der Waals surface area contributed by atoms with Crippen LogP contribution in [-0.2, 0) is 9.31 Å². The van der Waals surface area contributed by atoms with Gasteiger partial charge in [0.1, 0.15) is 0 Å². The molecule has 0 radical (unpaired) electrons. The first-order valence-electron chi connectivity index (χ1n) is 7.77. The zero-order valence-corrected chi connectivity index (χ0v) is 14.7. The van der Waals surface area contributed by atoms with Gasteiger partial charge in [0.05, 0.1) is 16.9 Å². The number of aromatic nitrogens is 1. The normalized spacial score (nSPS) is 19.5. The first kappa shape index (κ1) is 18.4. The van der Waals surface area contributed by atoms with Crippen molar-refractivity contribution in [1.82, 2.24) is 10.3 Å². The van der Waals surface area contributed by atoms with Gasteiger partial charge in [0.2, 0.25) is 0 Å². The van der Waals surface area contributed by atoms with Crippen molar-refractivity contribution in [3.05, 3.63) is 29.0 Å². The third kappa shape index (κ3) is 3.61. The van der Waals surface area contributed by atoms with Crippen molar-refractivity contribution in [3.8, 4) is 0 Å². The van der Waals surface area contributed by atoms with E-state index in [0.29, 0.717) is 12.1 Å². The lowest BCUT2D eigenvalue weighted by Crippen LogP contribution is -2.41. The Kier molecular flexibility index (Phi) is 5.03. The van der Waals surface area contributed by atoms with Crippen molar-refractivity contribution in [1.29, 1.82) is 0 Å². The molecule has 0 unspecified atom stereocenters. The molecule has 4 N–H and O–H groups in total. The van der Waals surface area contributed by atoms with E-state index in [1.807, 2.05) is 40.8 Å². The Morgan fingerprint density at radius 3 is 2.42 bits per heavy atom. The molecule has 1 saturated heterocycles. The fourth-order valence-corrected chi connectivity index (χ4v) is 2.37. The predicted molar refractivity (Wildman–Crippen MR) is 93.6 cm³/mol. The SMILES string of the molecule is CNCC(=Cc1cnc(C(=O)O)c(N)c1)B1OC(C)(C)C(C)(C)O1. The molecule has 1 fully saturated rings. The minimum atomic E-state index is -1.15. The van der Waals surface area contributed by atoms with E-state index in [0.717, 1.165) is 5.47 Å². The average molecular weight is 333 g/mol. The van der Waals surface area contributed by atoms with Crippen molar-refractivity contribution in [2.45, 2.75) is 38.9 Å². The minimum Gasteiger partial charge on any atom is -0.476 e. The summed E-state index contributed by atoms with van der Waals surface area (Å²) in [4.78, 5) is 14.9. The number of anilines is 1. The third-order valence-corrected chi connectivity index (χ3v) is 4.43. The lowest BCUT2D eigenvalue weighted by molar-refractivity contribution is 0.00578. The summed E-state index contributed by atoms with van der Waals surface area (Å²) >= 11 is 0. The smallest absolute Gasteiger partial charge is 0.476 e. The molecule has 1 aromatic heterocycles. The summed E-state index contributed by atoms with van der Waals surface area (Å²) in [6.45, 7) is 8.52. The van der Waals surface area contributed by atoms with Crippen LogP contribution in [0.25, 0.3) is 6.08 Å². The molecule has 2 heterocycles. The largest absolute Gasteiger partial charge is 0.491 e. The number of aromatic carboxylic acids is 1. The monoisotopic (exact) mass is 333 g/mol. The van der Waals surface area contributed by atoms with Gasteiger partial charge in [-0.1, -0.05) is 6.08 Å². The van der Waals surface area contributed by atoms with Crippen molar-refractivity contribution < 1.29 is 19.2 Å². The lowest BCUT2D eigenvalue weighted by Gasteiger charge is -2.32. The average Bonchev–Trinajstić information content (AvgIpc) is 2.66. The van der Waals surface area contributed by atoms with Gasteiger partial charge >= 0.3 is 13.1 Å². The Balaban J connectivity index is 2.33. The summed E-state index contributed by atoms with van der Waals surface area (Å²) in [7, 11) is 1.34. The second kappa shape index (κ2) is 6.54. The number of pyridine rings is 1. The molecule has 0 aliphatic carbocycles. The van der Waals surface area contributed by atoms with Gasteiger partial charge in [-0.3, -0.25) is 0 Å². The summed E-state index contributed by atoms with van der Waals surface area (Å²) in [5.74, 6) is -1.15. The maximum Gasteiger partial charge on any atom is 0.491 e. The number of nitrogens with zero attached hydrogens (tertiary/aromatic N) is 1. The highest BCUT2D eigenvalue weighted by molar-refractivity contribution is 6.55. The van der Waals surface area contributed by atoms with E-state index >= 15 is 0 Å².